The second kappa shape index (κ2) is 5.20. The molecule has 2 aromatic carbocycles. The van der Waals surface area contributed by atoms with Crippen molar-refractivity contribution in [3.05, 3.63) is 48.0 Å². The highest BCUT2D eigenvalue weighted by atomic mass is 16.4. The number of rotatable bonds is 3. The number of carboxylic acids is 1. The maximum Gasteiger partial charge on any atom is 0.306 e. The quantitative estimate of drug-likeness (QED) is 0.942. The zero-order valence-corrected chi connectivity index (χ0v) is 11.8. The summed E-state index contributed by atoms with van der Waals surface area (Å²) >= 11 is 0. The van der Waals surface area contributed by atoms with Crippen LogP contribution in [-0.2, 0) is 4.79 Å². The molecule has 1 atom stereocenters. The van der Waals surface area contributed by atoms with E-state index in [0.717, 1.165) is 10.8 Å². The summed E-state index contributed by atoms with van der Waals surface area (Å²) in [6, 6.07) is 13.5. The summed E-state index contributed by atoms with van der Waals surface area (Å²) in [5.41, 5.74) is 0.689. The SMILES string of the molecule is CC(C(=O)O)C1CN(C(=O)c2cccc3ccccc23)C1. The third kappa shape index (κ3) is 2.37. The number of aliphatic carboxylic acids is 1. The summed E-state index contributed by atoms with van der Waals surface area (Å²) in [6.45, 7) is 2.75. The number of nitrogens with zero attached hydrogens (tertiary/aromatic N) is 1. The summed E-state index contributed by atoms with van der Waals surface area (Å²) in [6.07, 6.45) is 0. The Morgan fingerprint density at radius 1 is 1.14 bits per heavy atom. The van der Waals surface area contributed by atoms with Crippen LogP contribution in [0, 0.1) is 11.8 Å². The first-order valence-electron chi connectivity index (χ1n) is 7.08. The maximum absolute atomic E-state index is 12.6. The number of benzene rings is 2. The molecule has 2 aromatic rings. The van der Waals surface area contributed by atoms with Crippen molar-refractivity contribution in [1.29, 1.82) is 0 Å². The summed E-state index contributed by atoms with van der Waals surface area (Å²) in [4.78, 5) is 25.2. The van der Waals surface area contributed by atoms with Crippen molar-refractivity contribution in [2.24, 2.45) is 11.8 Å². The molecule has 1 amide bonds. The predicted octanol–water partition coefficient (Wildman–Crippen LogP) is 2.63. The van der Waals surface area contributed by atoms with Crippen molar-refractivity contribution in [2.45, 2.75) is 6.92 Å². The van der Waals surface area contributed by atoms with Gasteiger partial charge in [-0.2, -0.15) is 0 Å². The molecule has 1 aliphatic rings. The second-order valence-corrected chi connectivity index (χ2v) is 5.62. The minimum Gasteiger partial charge on any atom is -0.481 e. The van der Waals surface area contributed by atoms with Crippen LogP contribution in [0.15, 0.2) is 42.5 Å². The first kappa shape index (κ1) is 13.6. The Balaban J connectivity index is 1.79. The van der Waals surface area contributed by atoms with Gasteiger partial charge in [0.1, 0.15) is 0 Å². The maximum atomic E-state index is 12.6. The highest BCUT2D eigenvalue weighted by Crippen LogP contribution is 2.27. The normalized spacial score (nSPS) is 16.5. The molecule has 0 aromatic heterocycles. The minimum atomic E-state index is -0.794. The van der Waals surface area contributed by atoms with Gasteiger partial charge in [-0.05, 0) is 16.8 Å². The Hall–Kier alpha value is -2.36. The van der Waals surface area contributed by atoms with Gasteiger partial charge in [0.05, 0.1) is 5.92 Å². The van der Waals surface area contributed by atoms with Crippen LogP contribution in [0.4, 0.5) is 0 Å². The third-order valence-corrected chi connectivity index (χ3v) is 4.31. The van der Waals surface area contributed by atoms with Crippen LogP contribution in [0.25, 0.3) is 10.8 Å². The van der Waals surface area contributed by atoms with Crippen molar-refractivity contribution in [3.63, 3.8) is 0 Å². The van der Waals surface area contributed by atoms with Crippen molar-refractivity contribution >= 4 is 22.6 Å². The molecule has 0 spiro atoms. The van der Waals surface area contributed by atoms with E-state index >= 15 is 0 Å². The first-order chi connectivity index (χ1) is 10.1. The molecule has 0 radical (unpaired) electrons. The molecule has 1 aliphatic heterocycles. The standard InChI is InChI=1S/C17H17NO3/c1-11(17(20)21)13-9-18(10-13)16(19)15-8-4-6-12-5-2-3-7-14(12)15/h2-8,11,13H,9-10H2,1H3,(H,20,21). The van der Waals surface area contributed by atoms with E-state index in [1.165, 1.54) is 0 Å². The van der Waals surface area contributed by atoms with E-state index in [9.17, 15) is 9.59 Å². The fraction of sp³-hybridized carbons (Fsp3) is 0.294. The number of hydrogen-bond acceptors (Lipinski definition) is 2. The summed E-state index contributed by atoms with van der Waals surface area (Å²) in [7, 11) is 0. The molecule has 1 fully saturated rings. The van der Waals surface area contributed by atoms with Crippen molar-refractivity contribution in [3.8, 4) is 0 Å². The molecule has 1 unspecified atom stereocenters. The third-order valence-electron chi connectivity index (χ3n) is 4.31. The predicted molar refractivity (Wildman–Crippen MR) is 80.1 cm³/mol. The van der Waals surface area contributed by atoms with Gasteiger partial charge in [-0.1, -0.05) is 43.3 Å². The highest BCUT2D eigenvalue weighted by molar-refractivity contribution is 6.07. The highest BCUT2D eigenvalue weighted by Gasteiger charge is 2.37. The van der Waals surface area contributed by atoms with Crippen LogP contribution >= 0.6 is 0 Å². The number of likely N-dealkylation sites (tertiary alicyclic amines) is 1. The number of hydrogen-bond donors (Lipinski definition) is 1. The lowest BCUT2D eigenvalue weighted by molar-refractivity contribution is -0.144. The average Bonchev–Trinajstić information content (AvgIpc) is 2.44. The molecule has 4 heteroatoms. The van der Waals surface area contributed by atoms with E-state index in [0.29, 0.717) is 18.7 Å². The van der Waals surface area contributed by atoms with E-state index in [2.05, 4.69) is 0 Å². The lowest BCUT2D eigenvalue weighted by atomic mass is 9.86. The van der Waals surface area contributed by atoms with Crippen LogP contribution in [0.1, 0.15) is 17.3 Å². The number of carboxylic acid groups (broad SMARTS) is 1. The van der Waals surface area contributed by atoms with E-state index in [-0.39, 0.29) is 11.8 Å². The molecule has 3 rings (SSSR count). The summed E-state index contributed by atoms with van der Waals surface area (Å²) in [5, 5.41) is 11.0. The zero-order valence-electron chi connectivity index (χ0n) is 11.8. The number of amides is 1. The lowest BCUT2D eigenvalue weighted by Crippen LogP contribution is -2.53. The van der Waals surface area contributed by atoms with Crippen LogP contribution in [0.5, 0.6) is 0 Å². The fourth-order valence-corrected chi connectivity index (χ4v) is 2.78. The molecule has 4 nitrogen and oxygen atoms in total. The average molecular weight is 283 g/mol. The van der Waals surface area contributed by atoms with Crippen LogP contribution in [0.3, 0.4) is 0 Å². The van der Waals surface area contributed by atoms with Crippen molar-refractivity contribution < 1.29 is 14.7 Å². The first-order valence-corrected chi connectivity index (χ1v) is 7.08. The Morgan fingerprint density at radius 3 is 2.52 bits per heavy atom. The van der Waals surface area contributed by atoms with Gasteiger partial charge < -0.3 is 10.0 Å². The van der Waals surface area contributed by atoms with Gasteiger partial charge in [0.15, 0.2) is 0 Å². The van der Waals surface area contributed by atoms with E-state index < -0.39 is 11.9 Å². The Morgan fingerprint density at radius 2 is 1.81 bits per heavy atom. The topological polar surface area (TPSA) is 57.6 Å². The van der Waals surface area contributed by atoms with E-state index in [1.807, 2.05) is 42.5 Å². The van der Waals surface area contributed by atoms with Crippen LogP contribution in [0.2, 0.25) is 0 Å². The zero-order chi connectivity index (χ0) is 15.0. The summed E-state index contributed by atoms with van der Waals surface area (Å²) in [5.74, 6) is -1.15. The number of carbonyl (C=O) groups is 2. The number of carbonyl (C=O) groups excluding carboxylic acids is 1. The Bertz CT molecular complexity index is 699. The minimum absolute atomic E-state index is 0.0133. The molecule has 1 N–H and O–H groups in total. The largest absolute Gasteiger partial charge is 0.481 e. The monoisotopic (exact) mass is 283 g/mol. The van der Waals surface area contributed by atoms with Gasteiger partial charge in [-0.25, -0.2) is 0 Å². The van der Waals surface area contributed by atoms with Gasteiger partial charge in [-0.15, -0.1) is 0 Å². The lowest BCUT2D eigenvalue weighted by Gasteiger charge is -2.41. The van der Waals surface area contributed by atoms with Gasteiger partial charge >= 0.3 is 5.97 Å². The molecule has 1 saturated heterocycles. The second-order valence-electron chi connectivity index (χ2n) is 5.62. The molecule has 21 heavy (non-hydrogen) atoms. The molecule has 0 bridgehead atoms. The molecule has 0 aliphatic carbocycles. The van der Waals surface area contributed by atoms with Gasteiger partial charge in [0.25, 0.3) is 5.91 Å². The smallest absolute Gasteiger partial charge is 0.306 e. The van der Waals surface area contributed by atoms with Crippen LogP contribution < -0.4 is 0 Å². The summed E-state index contributed by atoms with van der Waals surface area (Å²) < 4.78 is 0. The van der Waals surface area contributed by atoms with Crippen molar-refractivity contribution in [2.75, 3.05) is 13.1 Å². The number of fused-ring (bicyclic) bond motifs is 1. The molecule has 1 heterocycles. The van der Waals surface area contributed by atoms with Gasteiger partial charge in [0.2, 0.25) is 0 Å². The molecular weight excluding hydrogens is 266 g/mol. The van der Waals surface area contributed by atoms with Crippen molar-refractivity contribution in [1.82, 2.24) is 4.90 Å². The Kier molecular flexibility index (Phi) is 3.37. The van der Waals surface area contributed by atoms with Crippen LogP contribution in [-0.4, -0.2) is 35.0 Å². The van der Waals surface area contributed by atoms with Gasteiger partial charge in [0, 0.05) is 24.6 Å². The van der Waals surface area contributed by atoms with E-state index in [1.54, 1.807) is 11.8 Å². The van der Waals surface area contributed by atoms with E-state index in [4.69, 9.17) is 5.11 Å². The van der Waals surface area contributed by atoms with Gasteiger partial charge in [-0.3, -0.25) is 9.59 Å². The molecule has 108 valence electrons. The molecule has 0 saturated carbocycles. The fourth-order valence-electron chi connectivity index (χ4n) is 2.78. The Labute approximate surface area is 123 Å². The molecular formula is C17H17NO3.